The molecule has 1 atom stereocenters. The number of halogens is 1. The van der Waals surface area contributed by atoms with Crippen LogP contribution in [0, 0.1) is 23.1 Å². The van der Waals surface area contributed by atoms with Gasteiger partial charge in [0.15, 0.2) is 5.92 Å². The molecular weight excluding hydrogens is 475 g/mol. The molecule has 5 N–H and O–H groups in total. The molecule has 12 heteroatoms. The average molecular weight is 505 g/mol. The Morgan fingerprint density at radius 1 is 1.14 bits per heavy atom. The lowest BCUT2D eigenvalue weighted by molar-refractivity contribution is -0.155. The summed E-state index contributed by atoms with van der Waals surface area (Å²) < 4.78 is 13.8. The smallest absolute Gasteiger partial charge is 0.317 e. The van der Waals surface area contributed by atoms with Crippen molar-refractivity contribution in [3.8, 4) is 6.07 Å². The van der Waals surface area contributed by atoms with Crippen LogP contribution in [0.25, 0.3) is 0 Å². The van der Waals surface area contributed by atoms with E-state index in [-0.39, 0.29) is 30.1 Å². The fraction of sp³-hybridized carbons (Fsp3) is 0.500. The van der Waals surface area contributed by atoms with E-state index >= 15 is 0 Å². The van der Waals surface area contributed by atoms with Crippen molar-refractivity contribution in [2.45, 2.75) is 63.5 Å². The summed E-state index contributed by atoms with van der Waals surface area (Å²) in [5, 5.41) is 34.9. The summed E-state index contributed by atoms with van der Waals surface area (Å²) in [5.41, 5.74) is -0.912. The number of amides is 3. The van der Waals surface area contributed by atoms with Crippen LogP contribution in [0.4, 0.5) is 4.39 Å². The van der Waals surface area contributed by atoms with Crippen LogP contribution in [0.15, 0.2) is 18.2 Å². The van der Waals surface area contributed by atoms with Gasteiger partial charge in [-0.25, -0.2) is 4.39 Å². The second-order valence-electron chi connectivity index (χ2n) is 9.19. The highest BCUT2D eigenvalue weighted by atomic mass is 19.1. The number of benzene rings is 1. The van der Waals surface area contributed by atoms with Gasteiger partial charge in [-0.15, -0.1) is 0 Å². The van der Waals surface area contributed by atoms with Gasteiger partial charge in [0, 0.05) is 25.4 Å². The molecule has 1 aromatic rings. The van der Waals surface area contributed by atoms with Crippen molar-refractivity contribution in [1.82, 2.24) is 16.0 Å². The lowest BCUT2D eigenvalue weighted by atomic mass is 9.83. The molecule has 11 nitrogen and oxygen atoms in total. The number of hydrogen-bond acceptors (Lipinski definition) is 6. The third kappa shape index (κ3) is 7.49. The zero-order valence-electron chi connectivity index (χ0n) is 20.0. The molecule has 194 valence electrons. The lowest BCUT2D eigenvalue weighted by Gasteiger charge is -2.29. The maximum atomic E-state index is 13.8. The van der Waals surface area contributed by atoms with Crippen LogP contribution in [0.5, 0.6) is 0 Å². The SMILES string of the molecule is CC(C)(C(=O)NCCC(=O)N[C@@H](CC(C(=O)O)C(=O)O)C(=O)NC1CCC1)c1cc(F)cc(C#N)c1. The predicted octanol–water partition coefficient (Wildman–Crippen LogP) is 0.810. The van der Waals surface area contributed by atoms with Crippen LogP contribution < -0.4 is 16.0 Å². The fourth-order valence-corrected chi connectivity index (χ4v) is 3.55. The Morgan fingerprint density at radius 2 is 1.78 bits per heavy atom. The average Bonchev–Trinajstić information content (AvgIpc) is 2.77. The van der Waals surface area contributed by atoms with Crippen molar-refractivity contribution in [1.29, 1.82) is 5.26 Å². The maximum absolute atomic E-state index is 13.8. The molecular formula is C24H29FN4O7. The van der Waals surface area contributed by atoms with Gasteiger partial charge in [-0.1, -0.05) is 0 Å². The third-order valence-electron chi connectivity index (χ3n) is 6.12. The summed E-state index contributed by atoms with van der Waals surface area (Å²) in [6, 6.07) is 3.89. The van der Waals surface area contributed by atoms with Crippen LogP contribution in [0.3, 0.4) is 0 Å². The molecule has 3 amide bonds. The van der Waals surface area contributed by atoms with E-state index in [1.54, 1.807) is 0 Å². The zero-order chi connectivity index (χ0) is 27.0. The van der Waals surface area contributed by atoms with Gasteiger partial charge in [-0.3, -0.25) is 24.0 Å². The van der Waals surface area contributed by atoms with Crippen LogP contribution in [-0.2, 0) is 29.4 Å². The van der Waals surface area contributed by atoms with Gasteiger partial charge in [0.05, 0.1) is 17.0 Å². The van der Waals surface area contributed by atoms with Crippen molar-refractivity contribution >= 4 is 29.7 Å². The molecule has 0 aromatic heterocycles. The quantitative estimate of drug-likeness (QED) is 0.259. The summed E-state index contributed by atoms with van der Waals surface area (Å²) >= 11 is 0. The molecule has 1 aromatic carbocycles. The van der Waals surface area contributed by atoms with Crippen LogP contribution >= 0.6 is 0 Å². The minimum Gasteiger partial charge on any atom is -0.481 e. The molecule has 36 heavy (non-hydrogen) atoms. The highest BCUT2D eigenvalue weighted by Crippen LogP contribution is 2.25. The summed E-state index contributed by atoms with van der Waals surface area (Å²) in [5.74, 6) is -7.75. The Morgan fingerprint density at radius 3 is 2.31 bits per heavy atom. The maximum Gasteiger partial charge on any atom is 0.317 e. The van der Waals surface area contributed by atoms with Gasteiger partial charge < -0.3 is 26.2 Å². The Bertz CT molecular complexity index is 1060. The highest BCUT2D eigenvalue weighted by molar-refractivity contribution is 5.95. The number of aliphatic carboxylic acids is 2. The molecule has 0 saturated heterocycles. The Hall–Kier alpha value is -4.01. The largest absolute Gasteiger partial charge is 0.481 e. The standard InChI is InChI=1S/C24H29FN4O7/c1-24(2,14-8-13(12-26)9-15(25)10-14)23(36)27-7-6-19(30)29-18(11-17(21(32)33)22(34)35)20(31)28-16-4-3-5-16/h8-10,16-18H,3-7,11H2,1-2H3,(H,27,36)(H,28,31)(H,29,30)(H,32,33)(H,34,35)/t18-/m0/s1. The Balaban J connectivity index is 1.99. The summed E-state index contributed by atoms with van der Waals surface area (Å²) in [7, 11) is 0. The van der Waals surface area contributed by atoms with Crippen LogP contribution in [0.1, 0.15) is 57.1 Å². The number of nitrogens with zero attached hydrogens (tertiary/aromatic N) is 1. The molecule has 1 fully saturated rings. The molecule has 0 spiro atoms. The van der Waals surface area contributed by atoms with E-state index in [1.165, 1.54) is 19.9 Å². The predicted molar refractivity (Wildman–Crippen MR) is 123 cm³/mol. The van der Waals surface area contributed by atoms with Gasteiger partial charge in [-0.05, 0) is 56.9 Å². The molecule has 0 bridgehead atoms. The number of carboxylic acids is 2. The second kappa shape index (κ2) is 12.1. The van der Waals surface area contributed by atoms with E-state index in [2.05, 4.69) is 16.0 Å². The number of carbonyl (C=O) groups excluding carboxylic acids is 3. The normalized spacial score (nSPS) is 14.2. The van der Waals surface area contributed by atoms with E-state index in [4.69, 9.17) is 15.5 Å². The molecule has 0 aliphatic heterocycles. The first-order valence-electron chi connectivity index (χ1n) is 11.4. The summed E-state index contributed by atoms with van der Waals surface area (Å²) in [6.07, 6.45) is 1.45. The fourth-order valence-electron chi connectivity index (χ4n) is 3.55. The van der Waals surface area contributed by atoms with Crippen molar-refractivity contribution < 1.29 is 38.6 Å². The highest BCUT2D eigenvalue weighted by Gasteiger charge is 2.35. The lowest BCUT2D eigenvalue weighted by Crippen LogP contribution is -2.53. The minimum atomic E-state index is -1.90. The van der Waals surface area contributed by atoms with E-state index < -0.39 is 59.3 Å². The third-order valence-corrected chi connectivity index (χ3v) is 6.12. The number of hydrogen-bond donors (Lipinski definition) is 5. The minimum absolute atomic E-state index is 0.0532. The van der Waals surface area contributed by atoms with Crippen LogP contribution in [-0.4, -0.2) is 58.5 Å². The molecule has 1 saturated carbocycles. The van der Waals surface area contributed by atoms with E-state index in [1.807, 2.05) is 6.07 Å². The first kappa shape index (κ1) is 28.2. The molecule has 0 heterocycles. The topological polar surface area (TPSA) is 186 Å². The molecule has 0 radical (unpaired) electrons. The van der Waals surface area contributed by atoms with Crippen molar-refractivity contribution in [3.05, 3.63) is 35.1 Å². The first-order chi connectivity index (χ1) is 16.8. The zero-order valence-corrected chi connectivity index (χ0v) is 20.0. The molecule has 1 aliphatic rings. The van der Waals surface area contributed by atoms with Gasteiger partial charge in [0.25, 0.3) is 0 Å². The number of carbonyl (C=O) groups is 5. The van der Waals surface area contributed by atoms with Gasteiger partial charge >= 0.3 is 11.9 Å². The van der Waals surface area contributed by atoms with E-state index in [0.29, 0.717) is 0 Å². The Labute approximate surface area is 207 Å². The number of nitrogens with one attached hydrogen (secondary N) is 3. The molecule has 1 aliphatic carbocycles. The number of nitriles is 1. The van der Waals surface area contributed by atoms with E-state index in [0.717, 1.165) is 31.4 Å². The second-order valence-corrected chi connectivity index (χ2v) is 9.19. The van der Waals surface area contributed by atoms with Crippen LogP contribution in [0.2, 0.25) is 0 Å². The molecule has 2 rings (SSSR count). The number of carboxylic acid groups (broad SMARTS) is 2. The number of rotatable bonds is 12. The molecule has 0 unspecified atom stereocenters. The van der Waals surface area contributed by atoms with E-state index in [9.17, 15) is 28.4 Å². The van der Waals surface area contributed by atoms with Gasteiger partial charge in [0.1, 0.15) is 11.9 Å². The summed E-state index contributed by atoms with van der Waals surface area (Å²) in [6.45, 7) is 2.89. The monoisotopic (exact) mass is 504 g/mol. The first-order valence-corrected chi connectivity index (χ1v) is 11.4. The van der Waals surface area contributed by atoms with Crippen molar-refractivity contribution in [3.63, 3.8) is 0 Å². The van der Waals surface area contributed by atoms with Crippen molar-refractivity contribution in [2.75, 3.05) is 6.54 Å². The van der Waals surface area contributed by atoms with Gasteiger partial charge in [0.2, 0.25) is 17.7 Å². The Kier molecular flexibility index (Phi) is 9.49. The summed E-state index contributed by atoms with van der Waals surface area (Å²) in [4.78, 5) is 60.3. The van der Waals surface area contributed by atoms with Gasteiger partial charge in [-0.2, -0.15) is 5.26 Å². The van der Waals surface area contributed by atoms with Crippen molar-refractivity contribution in [2.24, 2.45) is 5.92 Å².